The highest BCUT2D eigenvalue weighted by Crippen LogP contribution is 2.28. The molecule has 0 bridgehead atoms. The van der Waals surface area contributed by atoms with Crippen molar-refractivity contribution in [2.24, 2.45) is 0 Å². The Bertz CT molecular complexity index is 796. The summed E-state index contributed by atoms with van der Waals surface area (Å²) in [5.74, 6) is -1.27. The third-order valence-electron chi connectivity index (χ3n) is 3.08. The summed E-state index contributed by atoms with van der Waals surface area (Å²) >= 11 is 11.8. The molecular weight excluding hydrogens is 331 g/mol. The minimum Gasteiger partial charge on any atom is -0.212 e. The van der Waals surface area contributed by atoms with E-state index in [2.05, 4.69) is 10.3 Å². The summed E-state index contributed by atoms with van der Waals surface area (Å²) in [6.07, 6.45) is 0. The molecule has 112 valence electrons. The lowest BCUT2D eigenvalue weighted by molar-refractivity contribution is 0.579. The van der Waals surface area contributed by atoms with Crippen LogP contribution in [0.2, 0.25) is 5.02 Å². The molecule has 3 nitrogen and oxygen atoms in total. The van der Waals surface area contributed by atoms with Crippen LogP contribution in [0.25, 0.3) is 16.9 Å². The van der Waals surface area contributed by atoms with Gasteiger partial charge in [0.1, 0.15) is 17.3 Å². The van der Waals surface area contributed by atoms with Crippen molar-refractivity contribution in [2.45, 2.75) is 5.88 Å². The van der Waals surface area contributed by atoms with Gasteiger partial charge in [0.2, 0.25) is 0 Å². The van der Waals surface area contributed by atoms with Crippen LogP contribution in [0.5, 0.6) is 0 Å². The zero-order valence-corrected chi connectivity index (χ0v) is 12.6. The van der Waals surface area contributed by atoms with E-state index in [0.717, 1.165) is 11.6 Å². The predicted molar refractivity (Wildman–Crippen MR) is 81.3 cm³/mol. The van der Waals surface area contributed by atoms with Crippen molar-refractivity contribution >= 4 is 23.2 Å². The van der Waals surface area contributed by atoms with Gasteiger partial charge in [-0.05, 0) is 24.3 Å². The van der Waals surface area contributed by atoms with Gasteiger partial charge >= 0.3 is 0 Å². The van der Waals surface area contributed by atoms with Crippen LogP contribution < -0.4 is 0 Å². The van der Waals surface area contributed by atoms with Gasteiger partial charge in [0.25, 0.3) is 0 Å². The first-order valence-electron chi connectivity index (χ1n) is 6.31. The normalized spacial score (nSPS) is 10.9. The Hall–Kier alpha value is -1.98. The molecule has 0 saturated heterocycles. The van der Waals surface area contributed by atoms with Crippen LogP contribution in [0.1, 0.15) is 5.69 Å². The standard InChI is InChI=1S/C15H9Cl2F2N3/c16-8-14-15(9-1-3-10(17)4-2-9)22(21-20-14)13-6-11(18)5-12(19)7-13/h1-7H,8H2. The number of rotatable bonds is 3. The highest BCUT2D eigenvalue weighted by Gasteiger charge is 2.16. The first-order chi connectivity index (χ1) is 10.6. The van der Waals surface area contributed by atoms with Crippen molar-refractivity contribution in [1.82, 2.24) is 15.0 Å². The zero-order chi connectivity index (χ0) is 15.7. The molecule has 2 aromatic carbocycles. The number of hydrogen-bond acceptors (Lipinski definition) is 2. The maximum Gasteiger partial charge on any atom is 0.128 e. The predicted octanol–water partition coefficient (Wildman–Crippen LogP) is 4.60. The van der Waals surface area contributed by atoms with Crippen LogP contribution in [0.3, 0.4) is 0 Å². The molecule has 0 aliphatic rings. The minimum atomic E-state index is -0.694. The van der Waals surface area contributed by atoms with Crippen molar-refractivity contribution in [3.8, 4) is 16.9 Å². The van der Waals surface area contributed by atoms with Crippen molar-refractivity contribution in [1.29, 1.82) is 0 Å². The molecular formula is C15H9Cl2F2N3. The van der Waals surface area contributed by atoms with Crippen LogP contribution in [0.15, 0.2) is 42.5 Å². The van der Waals surface area contributed by atoms with Gasteiger partial charge in [-0.25, -0.2) is 13.5 Å². The fourth-order valence-electron chi connectivity index (χ4n) is 2.14. The Morgan fingerprint density at radius 1 is 1.00 bits per heavy atom. The fourth-order valence-corrected chi connectivity index (χ4v) is 2.45. The Morgan fingerprint density at radius 2 is 1.64 bits per heavy atom. The van der Waals surface area contributed by atoms with E-state index in [1.807, 2.05) is 0 Å². The number of halogens is 4. The second-order valence-electron chi connectivity index (χ2n) is 4.56. The summed E-state index contributed by atoms with van der Waals surface area (Å²) in [4.78, 5) is 0. The van der Waals surface area contributed by atoms with Gasteiger partial charge < -0.3 is 0 Å². The van der Waals surface area contributed by atoms with Crippen LogP contribution in [-0.4, -0.2) is 15.0 Å². The number of nitrogens with zero attached hydrogens (tertiary/aromatic N) is 3. The first-order valence-corrected chi connectivity index (χ1v) is 7.22. The summed E-state index contributed by atoms with van der Waals surface area (Å²) in [6, 6.07) is 10.1. The number of aromatic nitrogens is 3. The largest absolute Gasteiger partial charge is 0.212 e. The highest BCUT2D eigenvalue weighted by atomic mass is 35.5. The lowest BCUT2D eigenvalue weighted by Gasteiger charge is -2.08. The molecule has 0 saturated carbocycles. The molecule has 0 atom stereocenters. The number of hydrogen-bond donors (Lipinski definition) is 0. The van der Waals surface area contributed by atoms with E-state index in [1.54, 1.807) is 24.3 Å². The molecule has 3 aromatic rings. The fraction of sp³-hybridized carbons (Fsp3) is 0.0667. The summed E-state index contributed by atoms with van der Waals surface area (Å²) < 4.78 is 28.2. The van der Waals surface area contributed by atoms with E-state index in [4.69, 9.17) is 23.2 Å². The van der Waals surface area contributed by atoms with Crippen molar-refractivity contribution in [2.75, 3.05) is 0 Å². The number of alkyl halides is 1. The summed E-state index contributed by atoms with van der Waals surface area (Å²) in [5.41, 5.74) is 2.05. The van der Waals surface area contributed by atoms with Crippen LogP contribution in [-0.2, 0) is 5.88 Å². The Kier molecular flexibility index (Phi) is 4.09. The van der Waals surface area contributed by atoms with Crippen molar-refractivity contribution in [3.63, 3.8) is 0 Å². The van der Waals surface area contributed by atoms with Gasteiger partial charge in [-0.1, -0.05) is 28.9 Å². The molecule has 22 heavy (non-hydrogen) atoms. The third-order valence-corrected chi connectivity index (χ3v) is 3.58. The molecule has 0 N–H and O–H groups in total. The summed E-state index contributed by atoms with van der Waals surface area (Å²) in [7, 11) is 0. The molecule has 1 heterocycles. The average Bonchev–Trinajstić information content (AvgIpc) is 2.91. The van der Waals surface area contributed by atoms with Gasteiger partial charge in [-0.2, -0.15) is 0 Å². The second kappa shape index (κ2) is 6.02. The molecule has 0 aliphatic heterocycles. The molecule has 0 unspecified atom stereocenters. The Morgan fingerprint density at radius 3 is 2.23 bits per heavy atom. The van der Waals surface area contributed by atoms with E-state index in [0.29, 0.717) is 16.4 Å². The van der Waals surface area contributed by atoms with E-state index >= 15 is 0 Å². The minimum absolute atomic E-state index is 0.121. The average molecular weight is 340 g/mol. The van der Waals surface area contributed by atoms with Crippen LogP contribution in [0, 0.1) is 11.6 Å². The van der Waals surface area contributed by atoms with Gasteiger partial charge in [-0.15, -0.1) is 16.7 Å². The molecule has 1 aromatic heterocycles. The summed E-state index contributed by atoms with van der Waals surface area (Å²) in [5, 5.41) is 8.50. The third kappa shape index (κ3) is 2.82. The zero-order valence-electron chi connectivity index (χ0n) is 11.1. The molecule has 0 aliphatic carbocycles. The van der Waals surface area contributed by atoms with Gasteiger partial charge in [0.05, 0.1) is 17.3 Å². The van der Waals surface area contributed by atoms with E-state index in [1.165, 1.54) is 16.8 Å². The van der Waals surface area contributed by atoms with Gasteiger partial charge in [0.15, 0.2) is 0 Å². The van der Waals surface area contributed by atoms with Crippen molar-refractivity contribution in [3.05, 3.63) is 64.8 Å². The molecule has 0 spiro atoms. The topological polar surface area (TPSA) is 30.7 Å². The molecule has 0 radical (unpaired) electrons. The van der Waals surface area contributed by atoms with Gasteiger partial charge in [-0.3, -0.25) is 0 Å². The Balaban J connectivity index is 2.20. The molecule has 0 amide bonds. The first kappa shape index (κ1) is 14.9. The molecule has 7 heteroatoms. The SMILES string of the molecule is Fc1cc(F)cc(-n2nnc(CCl)c2-c2ccc(Cl)cc2)c1. The van der Waals surface area contributed by atoms with E-state index in [-0.39, 0.29) is 11.6 Å². The van der Waals surface area contributed by atoms with Crippen LogP contribution >= 0.6 is 23.2 Å². The van der Waals surface area contributed by atoms with Crippen LogP contribution in [0.4, 0.5) is 8.78 Å². The Labute approximate surface area is 135 Å². The molecule has 3 rings (SSSR count). The maximum atomic E-state index is 13.4. The lowest BCUT2D eigenvalue weighted by atomic mass is 10.1. The smallest absolute Gasteiger partial charge is 0.128 e. The number of benzene rings is 2. The van der Waals surface area contributed by atoms with E-state index in [9.17, 15) is 8.78 Å². The van der Waals surface area contributed by atoms with Crippen molar-refractivity contribution < 1.29 is 8.78 Å². The maximum absolute atomic E-state index is 13.4. The van der Waals surface area contributed by atoms with Gasteiger partial charge in [0, 0.05) is 16.7 Å². The summed E-state index contributed by atoms with van der Waals surface area (Å²) in [6.45, 7) is 0. The molecule has 0 fully saturated rings. The lowest BCUT2D eigenvalue weighted by Crippen LogP contribution is -2.01. The second-order valence-corrected chi connectivity index (χ2v) is 5.27. The quantitative estimate of drug-likeness (QED) is 0.652. The van der Waals surface area contributed by atoms with E-state index < -0.39 is 11.6 Å². The monoisotopic (exact) mass is 339 g/mol. The highest BCUT2D eigenvalue weighted by molar-refractivity contribution is 6.30.